The summed E-state index contributed by atoms with van der Waals surface area (Å²) in [5.74, 6) is 1.32. The SMILES string of the molecule is Brc1ccc(-c2noc(CN3CCOCC3)n2)s1. The molecule has 0 radical (unpaired) electrons. The number of morpholine rings is 1. The van der Waals surface area contributed by atoms with Crippen molar-refractivity contribution in [2.24, 2.45) is 0 Å². The Morgan fingerprint density at radius 3 is 2.89 bits per heavy atom. The molecule has 3 heterocycles. The highest BCUT2D eigenvalue weighted by Crippen LogP contribution is 2.29. The van der Waals surface area contributed by atoms with Gasteiger partial charge in [0.1, 0.15) is 0 Å². The molecule has 0 saturated carbocycles. The van der Waals surface area contributed by atoms with Gasteiger partial charge in [-0.05, 0) is 28.1 Å². The monoisotopic (exact) mass is 329 g/mol. The molecule has 0 aromatic carbocycles. The van der Waals surface area contributed by atoms with Crippen molar-refractivity contribution >= 4 is 27.3 Å². The van der Waals surface area contributed by atoms with E-state index in [2.05, 4.69) is 31.0 Å². The lowest BCUT2D eigenvalue weighted by Gasteiger charge is -2.24. The third-order valence-corrected chi connectivity index (χ3v) is 4.34. The molecule has 0 atom stereocenters. The molecule has 0 unspecified atom stereocenters. The number of hydrogen-bond acceptors (Lipinski definition) is 6. The molecule has 0 aliphatic carbocycles. The van der Waals surface area contributed by atoms with Crippen molar-refractivity contribution in [2.75, 3.05) is 26.3 Å². The maximum absolute atomic E-state index is 5.30. The lowest BCUT2D eigenvalue weighted by molar-refractivity contribution is 0.0297. The van der Waals surface area contributed by atoms with Gasteiger partial charge in [-0.15, -0.1) is 11.3 Å². The van der Waals surface area contributed by atoms with E-state index in [1.807, 2.05) is 12.1 Å². The molecule has 18 heavy (non-hydrogen) atoms. The summed E-state index contributed by atoms with van der Waals surface area (Å²) in [7, 11) is 0. The van der Waals surface area contributed by atoms with Crippen molar-refractivity contribution in [3.05, 3.63) is 21.8 Å². The highest BCUT2D eigenvalue weighted by molar-refractivity contribution is 9.11. The standard InChI is InChI=1S/C11H12BrN3O2S/c12-9-2-1-8(18-9)11-13-10(17-14-11)7-15-3-5-16-6-4-15/h1-2H,3-7H2. The first-order chi connectivity index (χ1) is 8.81. The molecule has 1 saturated heterocycles. The Hall–Kier alpha value is -0.760. The lowest BCUT2D eigenvalue weighted by atomic mass is 10.4. The number of hydrogen-bond donors (Lipinski definition) is 0. The fourth-order valence-electron chi connectivity index (χ4n) is 1.80. The number of ether oxygens (including phenoxy) is 1. The number of nitrogens with zero attached hydrogens (tertiary/aromatic N) is 3. The molecular formula is C11H12BrN3O2S. The van der Waals surface area contributed by atoms with Crippen LogP contribution in [0, 0.1) is 0 Å². The summed E-state index contributed by atoms with van der Waals surface area (Å²) in [6, 6.07) is 3.97. The minimum Gasteiger partial charge on any atom is -0.379 e. The zero-order chi connectivity index (χ0) is 12.4. The molecule has 96 valence electrons. The van der Waals surface area contributed by atoms with Gasteiger partial charge < -0.3 is 9.26 Å². The first-order valence-electron chi connectivity index (χ1n) is 5.70. The molecular weight excluding hydrogens is 318 g/mol. The van der Waals surface area contributed by atoms with Crippen LogP contribution in [0.25, 0.3) is 10.7 Å². The van der Waals surface area contributed by atoms with Crippen LogP contribution in [0.3, 0.4) is 0 Å². The van der Waals surface area contributed by atoms with Crippen molar-refractivity contribution in [1.82, 2.24) is 15.0 Å². The van der Waals surface area contributed by atoms with Crippen LogP contribution in [-0.2, 0) is 11.3 Å². The molecule has 1 aliphatic heterocycles. The van der Waals surface area contributed by atoms with Gasteiger partial charge in [0.05, 0.1) is 28.4 Å². The molecule has 1 fully saturated rings. The van der Waals surface area contributed by atoms with Gasteiger partial charge in [0, 0.05) is 13.1 Å². The topological polar surface area (TPSA) is 51.4 Å². The normalized spacial score (nSPS) is 17.2. The average molecular weight is 330 g/mol. The fourth-order valence-corrected chi connectivity index (χ4v) is 3.12. The largest absolute Gasteiger partial charge is 0.379 e. The zero-order valence-electron chi connectivity index (χ0n) is 9.63. The third-order valence-electron chi connectivity index (χ3n) is 2.72. The van der Waals surface area contributed by atoms with Gasteiger partial charge in [0.25, 0.3) is 0 Å². The Kier molecular flexibility index (Phi) is 3.74. The van der Waals surface area contributed by atoms with Crippen LogP contribution < -0.4 is 0 Å². The first-order valence-corrected chi connectivity index (χ1v) is 7.30. The summed E-state index contributed by atoms with van der Waals surface area (Å²) in [6.07, 6.45) is 0. The van der Waals surface area contributed by atoms with E-state index in [-0.39, 0.29) is 0 Å². The molecule has 0 bridgehead atoms. The maximum Gasteiger partial charge on any atom is 0.241 e. The Labute approximate surface area is 117 Å². The van der Waals surface area contributed by atoms with Gasteiger partial charge in [-0.1, -0.05) is 5.16 Å². The lowest BCUT2D eigenvalue weighted by Crippen LogP contribution is -2.35. The van der Waals surface area contributed by atoms with Crippen molar-refractivity contribution in [1.29, 1.82) is 0 Å². The molecule has 0 N–H and O–H groups in total. The smallest absolute Gasteiger partial charge is 0.241 e. The van der Waals surface area contributed by atoms with Crippen molar-refractivity contribution in [2.45, 2.75) is 6.54 Å². The first kappa shape index (κ1) is 12.3. The molecule has 0 spiro atoms. The molecule has 2 aromatic rings. The maximum atomic E-state index is 5.30. The van der Waals surface area contributed by atoms with Crippen LogP contribution >= 0.6 is 27.3 Å². The van der Waals surface area contributed by atoms with Crippen molar-refractivity contribution in [3.63, 3.8) is 0 Å². The molecule has 1 aliphatic rings. The Morgan fingerprint density at radius 1 is 1.33 bits per heavy atom. The predicted octanol–water partition coefficient (Wildman–Crippen LogP) is 2.39. The van der Waals surface area contributed by atoms with E-state index in [1.165, 1.54) is 0 Å². The van der Waals surface area contributed by atoms with Gasteiger partial charge in [0.15, 0.2) is 0 Å². The summed E-state index contributed by atoms with van der Waals surface area (Å²) >= 11 is 5.02. The van der Waals surface area contributed by atoms with Crippen LogP contribution in [0.1, 0.15) is 5.89 Å². The van der Waals surface area contributed by atoms with Crippen LogP contribution in [0.2, 0.25) is 0 Å². The van der Waals surface area contributed by atoms with Crippen LogP contribution in [0.15, 0.2) is 20.4 Å². The van der Waals surface area contributed by atoms with Crippen LogP contribution in [0.5, 0.6) is 0 Å². The number of aromatic nitrogens is 2. The average Bonchev–Trinajstić information content (AvgIpc) is 2.99. The molecule has 3 rings (SSSR count). The third kappa shape index (κ3) is 2.80. The van der Waals surface area contributed by atoms with Gasteiger partial charge in [-0.25, -0.2) is 0 Å². The van der Waals surface area contributed by atoms with E-state index in [4.69, 9.17) is 9.26 Å². The molecule has 0 amide bonds. The second-order valence-corrected chi connectivity index (χ2v) is 6.47. The van der Waals surface area contributed by atoms with Gasteiger partial charge in [-0.3, -0.25) is 4.90 Å². The van der Waals surface area contributed by atoms with E-state index in [1.54, 1.807) is 11.3 Å². The summed E-state index contributed by atoms with van der Waals surface area (Å²) in [5, 5.41) is 4.01. The Bertz CT molecular complexity index is 522. The molecule has 5 nitrogen and oxygen atoms in total. The number of thiophene rings is 1. The second-order valence-electron chi connectivity index (χ2n) is 4.00. The summed E-state index contributed by atoms with van der Waals surface area (Å²) in [5.41, 5.74) is 0. The minimum absolute atomic E-state index is 0.661. The highest BCUT2D eigenvalue weighted by atomic mass is 79.9. The summed E-state index contributed by atoms with van der Waals surface area (Å²) in [6.45, 7) is 4.09. The van der Waals surface area contributed by atoms with Gasteiger partial charge >= 0.3 is 0 Å². The van der Waals surface area contributed by atoms with Crippen LogP contribution in [0.4, 0.5) is 0 Å². The van der Waals surface area contributed by atoms with E-state index in [9.17, 15) is 0 Å². The molecule has 2 aromatic heterocycles. The van der Waals surface area contributed by atoms with E-state index in [0.29, 0.717) is 18.3 Å². The Morgan fingerprint density at radius 2 is 2.17 bits per heavy atom. The second kappa shape index (κ2) is 5.48. The van der Waals surface area contributed by atoms with E-state index < -0.39 is 0 Å². The fraction of sp³-hybridized carbons (Fsp3) is 0.455. The van der Waals surface area contributed by atoms with Gasteiger partial charge in [-0.2, -0.15) is 4.98 Å². The van der Waals surface area contributed by atoms with Crippen LogP contribution in [-0.4, -0.2) is 41.3 Å². The zero-order valence-corrected chi connectivity index (χ0v) is 12.0. The number of halogens is 1. The number of rotatable bonds is 3. The summed E-state index contributed by atoms with van der Waals surface area (Å²) in [4.78, 5) is 7.69. The van der Waals surface area contributed by atoms with Crippen molar-refractivity contribution in [3.8, 4) is 10.7 Å². The van der Waals surface area contributed by atoms with E-state index in [0.717, 1.165) is 35.0 Å². The highest BCUT2D eigenvalue weighted by Gasteiger charge is 2.16. The van der Waals surface area contributed by atoms with Gasteiger partial charge in [0.2, 0.25) is 11.7 Å². The minimum atomic E-state index is 0.661. The molecule has 7 heteroatoms. The summed E-state index contributed by atoms with van der Waals surface area (Å²) < 4.78 is 11.6. The van der Waals surface area contributed by atoms with Crippen molar-refractivity contribution < 1.29 is 9.26 Å². The Balaban J connectivity index is 1.69. The van der Waals surface area contributed by atoms with E-state index >= 15 is 0 Å². The predicted molar refractivity (Wildman–Crippen MR) is 71.4 cm³/mol. The quantitative estimate of drug-likeness (QED) is 0.865.